The second kappa shape index (κ2) is 9.72. The van der Waals surface area contributed by atoms with Crippen molar-refractivity contribution in [1.29, 1.82) is 0 Å². The molecule has 2 fully saturated rings. The highest BCUT2D eigenvalue weighted by Crippen LogP contribution is 2.39. The van der Waals surface area contributed by atoms with Gasteiger partial charge in [-0.15, -0.1) is 0 Å². The van der Waals surface area contributed by atoms with Gasteiger partial charge in [0.1, 0.15) is 22.8 Å². The van der Waals surface area contributed by atoms with Gasteiger partial charge in [0.05, 0.1) is 12.5 Å². The van der Waals surface area contributed by atoms with E-state index in [1.165, 1.54) is 7.11 Å². The fraction of sp³-hybridized carbons (Fsp3) is 0.393. The molecule has 2 atom stereocenters. The lowest BCUT2D eigenvalue weighted by Gasteiger charge is -2.34. The highest BCUT2D eigenvalue weighted by molar-refractivity contribution is 6.01. The maximum absolute atomic E-state index is 16.4. The Morgan fingerprint density at radius 3 is 2.65 bits per heavy atom. The highest BCUT2D eigenvalue weighted by Gasteiger charge is 2.34. The fourth-order valence-electron chi connectivity index (χ4n) is 5.68. The molecule has 4 aromatic rings. The van der Waals surface area contributed by atoms with Crippen LogP contribution < -0.4 is 19.7 Å². The largest absolute Gasteiger partial charge is 0.468 e. The number of rotatable bonds is 7. The molecule has 6 rings (SSSR count). The number of aryl methyl sites for hydroxylation is 1. The van der Waals surface area contributed by atoms with Gasteiger partial charge in [0.25, 0.3) is 0 Å². The smallest absolute Gasteiger partial charge is 0.318 e. The van der Waals surface area contributed by atoms with E-state index in [4.69, 9.17) is 14.2 Å². The molecule has 37 heavy (non-hydrogen) atoms. The first-order chi connectivity index (χ1) is 18.1. The Balaban J connectivity index is 1.55. The summed E-state index contributed by atoms with van der Waals surface area (Å²) in [5, 5.41) is 6.10. The molecule has 2 aliphatic heterocycles. The summed E-state index contributed by atoms with van der Waals surface area (Å²) in [5.74, 6) is 0.735. The van der Waals surface area contributed by atoms with Crippen molar-refractivity contribution in [2.24, 2.45) is 0 Å². The number of ether oxygens (including phenoxy) is 3. The molecule has 2 bridgehead atoms. The number of anilines is 1. The summed E-state index contributed by atoms with van der Waals surface area (Å²) in [4.78, 5) is 15.9. The number of methoxy groups -OCH3 is 2. The van der Waals surface area contributed by atoms with Crippen molar-refractivity contribution in [3.8, 4) is 23.0 Å². The number of benzene rings is 2. The quantitative estimate of drug-likeness (QED) is 0.370. The van der Waals surface area contributed by atoms with Crippen molar-refractivity contribution in [2.75, 3.05) is 39.0 Å². The van der Waals surface area contributed by atoms with Gasteiger partial charge in [-0.1, -0.05) is 25.1 Å². The minimum atomic E-state index is -0.506. The number of pyridine rings is 1. The first-order valence-electron chi connectivity index (χ1n) is 12.7. The van der Waals surface area contributed by atoms with Gasteiger partial charge in [-0.25, -0.2) is 4.39 Å². The van der Waals surface area contributed by atoms with Gasteiger partial charge in [-0.2, -0.15) is 9.97 Å². The van der Waals surface area contributed by atoms with E-state index in [9.17, 15) is 0 Å². The first-order valence-corrected chi connectivity index (χ1v) is 12.7. The predicted molar refractivity (Wildman–Crippen MR) is 141 cm³/mol. The lowest BCUT2D eigenvalue weighted by molar-refractivity contribution is 0.0512. The number of nitrogens with one attached hydrogen (secondary N) is 1. The Labute approximate surface area is 214 Å². The number of halogens is 1. The van der Waals surface area contributed by atoms with E-state index in [1.54, 1.807) is 13.3 Å². The van der Waals surface area contributed by atoms with Gasteiger partial charge in [0.2, 0.25) is 0 Å². The van der Waals surface area contributed by atoms with Crippen molar-refractivity contribution in [3.05, 3.63) is 47.9 Å². The maximum Gasteiger partial charge on any atom is 0.318 e. The van der Waals surface area contributed by atoms with Gasteiger partial charge in [-0.3, -0.25) is 4.98 Å². The van der Waals surface area contributed by atoms with Crippen LogP contribution in [-0.4, -0.2) is 61.1 Å². The van der Waals surface area contributed by atoms with Crippen molar-refractivity contribution >= 4 is 27.5 Å². The minimum absolute atomic E-state index is 0.0898. The zero-order valence-electron chi connectivity index (χ0n) is 21.3. The summed E-state index contributed by atoms with van der Waals surface area (Å²) in [6.45, 7) is 3.78. The summed E-state index contributed by atoms with van der Waals surface area (Å²) < 4.78 is 32.7. The van der Waals surface area contributed by atoms with E-state index < -0.39 is 5.82 Å². The third-order valence-corrected chi connectivity index (χ3v) is 7.36. The second-order valence-corrected chi connectivity index (χ2v) is 9.65. The molecule has 2 aliphatic rings. The molecular formula is C28H30FN5O3. The molecule has 0 radical (unpaired) electrons. The fourth-order valence-corrected chi connectivity index (χ4v) is 5.68. The SMILES string of the molecule is CCc1cccc2cc(OCOC)cc(-c3ncc4c(N5CC6CCC(C5)N6)nc(OC)nc4c3F)c12. The average Bonchev–Trinajstić information content (AvgIpc) is 3.27. The normalized spacial score (nSPS) is 19.1. The Morgan fingerprint density at radius 2 is 1.92 bits per heavy atom. The summed E-state index contributed by atoms with van der Waals surface area (Å²) in [6.07, 6.45) is 4.75. The van der Waals surface area contributed by atoms with E-state index >= 15 is 4.39 Å². The van der Waals surface area contributed by atoms with Crippen LogP contribution in [0.2, 0.25) is 0 Å². The summed E-state index contributed by atoms with van der Waals surface area (Å²) in [7, 11) is 3.07. The summed E-state index contributed by atoms with van der Waals surface area (Å²) >= 11 is 0. The number of hydrogen-bond acceptors (Lipinski definition) is 8. The number of piperazine rings is 1. The number of aromatic nitrogens is 3. The topological polar surface area (TPSA) is 81.6 Å². The predicted octanol–water partition coefficient (Wildman–Crippen LogP) is 4.48. The van der Waals surface area contributed by atoms with E-state index in [1.807, 2.05) is 24.3 Å². The van der Waals surface area contributed by atoms with E-state index in [0.29, 0.717) is 34.6 Å². The van der Waals surface area contributed by atoms with Crippen LogP contribution in [0.3, 0.4) is 0 Å². The van der Waals surface area contributed by atoms with Gasteiger partial charge in [0.15, 0.2) is 12.6 Å². The zero-order chi connectivity index (χ0) is 25.5. The summed E-state index contributed by atoms with van der Waals surface area (Å²) in [6, 6.07) is 10.8. The Kier molecular flexibility index (Phi) is 6.26. The van der Waals surface area contributed by atoms with Gasteiger partial charge in [-0.05, 0) is 47.7 Å². The zero-order valence-corrected chi connectivity index (χ0v) is 21.3. The van der Waals surface area contributed by atoms with Crippen molar-refractivity contribution in [1.82, 2.24) is 20.3 Å². The van der Waals surface area contributed by atoms with Crippen LogP contribution in [0.5, 0.6) is 11.8 Å². The molecule has 2 aromatic heterocycles. The molecule has 4 heterocycles. The highest BCUT2D eigenvalue weighted by atomic mass is 19.1. The second-order valence-electron chi connectivity index (χ2n) is 9.65. The third kappa shape index (κ3) is 4.22. The van der Waals surface area contributed by atoms with E-state index in [0.717, 1.165) is 48.7 Å². The van der Waals surface area contributed by atoms with Crippen LogP contribution in [0.1, 0.15) is 25.3 Å². The van der Waals surface area contributed by atoms with Crippen LogP contribution in [-0.2, 0) is 11.2 Å². The van der Waals surface area contributed by atoms with Gasteiger partial charge < -0.3 is 24.4 Å². The Bertz CT molecular complexity index is 1470. The van der Waals surface area contributed by atoms with Crippen LogP contribution in [0.4, 0.5) is 10.2 Å². The van der Waals surface area contributed by atoms with Crippen LogP contribution in [0.25, 0.3) is 32.9 Å². The maximum atomic E-state index is 16.4. The van der Waals surface area contributed by atoms with Gasteiger partial charge in [0, 0.05) is 44.0 Å². The molecule has 1 N–H and O–H groups in total. The van der Waals surface area contributed by atoms with Crippen molar-refractivity contribution < 1.29 is 18.6 Å². The third-order valence-electron chi connectivity index (χ3n) is 7.36. The average molecular weight is 504 g/mol. The number of nitrogens with zero attached hydrogens (tertiary/aromatic N) is 4. The lowest BCUT2D eigenvalue weighted by Crippen LogP contribution is -2.51. The van der Waals surface area contributed by atoms with Crippen LogP contribution >= 0.6 is 0 Å². The Morgan fingerprint density at radius 1 is 1.11 bits per heavy atom. The van der Waals surface area contributed by atoms with Crippen molar-refractivity contribution in [3.63, 3.8) is 0 Å². The van der Waals surface area contributed by atoms with Crippen LogP contribution in [0, 0.1) is 5.82 Å². The lowest BCUT2D eigenvalue weighted by atomic mass is 9.95. The van der Waals surface area contributed by atoms with E-state index in [2.05, 4.69) is 38.2 Å². The summed E-state index contributed by atoms with van der Waals surface area (Å²) in [5.41, 5.74) is 2.17. The standard InChI is InChI=1S/C28H30FN5O3/c1-4-16-6-5-7-17-10-20(37-15-35-2)11-21(23(16)17)25-24(29)26-22(12-30-25)27(33-28(32-26)36-3)34-13-18-8-9-19(14-34)31-18/h5-7,10-12,18-19,31H,4,8-9,13-15H2,1-3H3. The Hall–Kier alpha value is -3.56. The molecule has 0 saturated carbocycles. The molecule has 2 aromatic carbocycles. The minimum Gasteiger partial charge on any atom is -0.468 e. The molecule has 8 nitrogen and oxygen atoms in total. The van der Waals surface area contributed by atoms with Crippen molar-refractivity contribution in [2.45, 2.75) is 38.3 Å². The van der Waals surface area contributed by atoms with E-state index in [-0.39, 0.29) is 24.0 Å². The monoisotopic (exact) mass is 503 g/mol. The molecule has 2 saturated heterocycles. The molecular weight excluding hydrogens is 473 g/mol. The van der Waals surface area contributed by atoms with Crippen LogP contribution in [0.15, 0.2) is 36.5 Å². The van der Waals surface area contributed by atoms with Gasteiger partial charge >= 0.3 is 6.01 Å². The molecule has 9 heteroatoms. The molecule has 2 unspecified atom stereocenters. The first kappa shape index (κ1) is 23.8. The molecule has 0 spiro atoms. The molecule has 0 aliphatic carbocycles. The molecule has 192 valence electrons. The number of fused-ring (bicyclic) bond motifs is 4. The number of hydrogen-bond donors (Lipinski definition) is 1. The molecule has 0 amide bonds.